The standard InChI is InChI=1S/C21H26ClFN4O3S/c1-21(14(12-24-2)13-25-3,20(29)26-15-8-10-30-11-9-15)27(19(28)18(22)23)16-4-6-17(31)7-5-16/h4-7,12-13,15,18,31H,2,8-11H2,1,3H3,(H,26,29)/b14-12+,25-13-/t18-,21-/m0/s1. The van der Waals surface area contributed by atoms with Gasteiger partial charge in [-0.05, 0) is 50.7 Å². The molecule has 10 heteroatoms. The molecule has 1 heterocycles. The Labute approximate surface area is 191 Å². The van der Waals surface area contributed by atoms with Gasteiger partial charge in [-0.2, -0.15) is 0 Å². The number of carbonyl (C=O) groups excluding carboxylic acids is 2. The SMILES string of the molecule is C=N/C=C(\C=N/C)[C@@](C)(C(=O)NC1CCOCC1)N(C(=O)[C@H](F)Cl)c1ccc(S)cc1. The van der Waals surface area contributed by atoms with Crippen LogP contribution in [0.3, 0.4) is 0 Å². The van der Waals surface area contributed by atoms with E-state index < -0.39 is 23.0 Å². The maximum atomic E-state index is 14.1. The van der Waals surface area contributed by atoms with Crippen molar-refractivity contribution in [2.45, 2.75) is 41.9 Å². The molecule has 0 unspecified atom stereocenters. The molecule has 0 bridgehead atoms. The predicted octanol–water partition coefficient (Wildman–Crippen LogP) is 3.18. The van der Waals surface area contributed by atoms with Crippen LogP contribution in [0.5, 0.6) is 0 Å². The Morgan fingerprint density at radius 3 is 2.52 bits per heavy atom. The number of amides is 2. The van der Waals surface area contributed by atoms with Crippen LogP contribution in [0.15, 0.2) is 50.9 Å². The van der Waals surface area contributed by atoms with Gasteiger partial charge in [0.05, 0.1) is 0 Å². The maximum Gasteiger partial charge on any atom is 0.278 e. The van der Waals surface area contributed by atoms with Crippen molar-refractivity contribution in [1.82, 2.24) is 5.32 Å². The molecular formula is C21H26ClFN4O3S. The van der Waals surface area contributed by atoms with Crippen molar-refractivity contribution in [2.75, 3.05) is 25.2 Å². The van der Waals surface area contributed by atoms with Crippen molar-refractivity contribution in [3.8, 4) is 0 Å². The number of nitrogens with one attached hydrogen (secondary N) is 1. The molecule has 1 aliphatic heterocycles. The minimum absolute atomic E-state index is 0.161. The third kappa shape index (κ3) is 5.93. The summed E-state index contributed by atoms with van der Waals surface area (Å²) >= 11 is 9.81. The highest BCUT2D eigenvalue weighted by Crippen LogP contribution is 2.33. The fraction of sp³-hybridized carbons (Fsp3) is 0.429. The number of rotatable bonds is 8. The maximum absolute atomic E-state index is 14.1. The molecule has 0 spiro atoms. The summed E-state index contributed by atoms with van der Waals surface area (Å²) in [5, 5.41) is 2.95. The number of nitrogens with zero attached hydrogens (tertiary/aromatic N) is 3. The van der Waals surface area contributed by atoms with Gasteiger partial charge in [-0.1, -0.05) is 11.6 Å². The number of alkyl halides is 2. The van der Waals surface area contributed by atoms with Gasteiger partial charge in [0.15, 0.2) is 5.54 Å². The Kier molecular flexibility index (Phi) is 9.21. The lowest BCUT2D eigenvalue weighted by molar-refractivity contribution is -0.130. The fourth-order valence-corrected chi connectivity index (χ4v) is 3.60. The molecule has 168 valence electrons. The Hall–Kier alpha value is -2.23. The van der Waals surface area contributed by atoms with E-state index in [1.807, 2.05) is 0 Å². The van der Waals surface area contributed by atoms with Crippen molar-refractivity contribution in [2.24, 2.45) is 9.98 Å². The van der Waals surface area contributed by atoms with Crippen LogP contribution in [0.4, 0.5) is 10.1 Å². The predicted molar refractivity (Wildman–Crippen MR) is 124 cm³/mol. The molecule has 31 heavy (non-hydrogen) atoms. The minimum Gasteiger partial charge on any atom is -0.381 e. The van der Waals surface area contributed by atoms with Crippen LogP contribution in [0.1, 0.15) is 19.8 Å². The van der Waals surface area contributed by atoms with Crippen LogP contribution in [0.2, 0.25) is 0 Å². The number of halogens is 2. The summed E-state index contributed by atoms with van der Waals surface area (Å²) in [6, 6.07) is 6.20. The van der Waals surface area contributed by atoms with Gasteiger partial charge < -0.3 is 10.1 Å². The first kappa shape index (κ1) is 25.0. The second-order valence-corrected chi connectivity index (χ2v) is 7.98. The summed E-state index contributed by atoms with van der Waals surface area (Å²) in [7, 11) is 1.51. The molecule has 1 aromatic carbocycles. The summed E-state index contributed by atoms with van der Waals surface area (Å²) in [4.78, 5) is 36.0. The molecule has 1 aliphatic rings. The first-order valence-electron chi connectivity index (χ1n) is 9.64. The van der Waals surface area contributed by atoms with Gasteiger partial charge in [0, 0.05) is 54.9 Å². The lowest BCUT2D eigenvalue weighted by Gasteiger charge is -2.41. The van der Waals surface area contributed by atoms with Gasteiger partial charge in [-0.3, -0.25) is 24.5 Å². The lowest BCUT2D eigenvalue weighted by Crippen LogP contribution is -2.63. The van der Waals surface area contributed by atoms with E-state index in [4.69, 9.17) is 16.3 Å². The van der Waals surface area contributed by atoms with Crippen LogP contribution in [0, 0.1) is 0 Å². The highest BCUT2D eigenvalue weighted by Gasteiger charge is 2.48. The topological polar surface area (TPSA) is 83.4 Å². The van der Waals surface area contributed by atoms with Crippen molar-refractivity contribution in [3.05, 3.63) is 36.0 Å². The third-order valence-corrected chi connectivity index (χ3v) is 5.51. The molecule has 7 nitrogen and oxygen atoms in total. The van der Waals surface area contributed by atoms with E-state index in [1.54, 1.807) is 24.3 Å². The quantitative estimate of drug-likeness (QED) is 0.349. The van der Waals surface area contributed by atoms with E-state index in [0.717, 1.165) is 4.90 Å². The van der Waals surface area contributed by atoms with E-state index in [-0.39, 0.29) is 17.3 Å². The number of hydrogen-bond acceptors (Lipinski definition) is 6. The Morgan fingerprint density at radius 1 is 1.39 bits per heavy atom. The summed E-state index contributed by atoms with van der Waals surface area (Å²) in [6.45, 7) is 5.96. The molecule has 0 radical (unpaired) electrons. The summed E-state index contributed by atoms with van der Waals surface area (Å²) in [5.74, 6) is -1.63. The van der Waals surface area contributed by atoms with E-state index in [0.29, 0.717) is 31.0 Å². The van der Waals surface area contributed by atoms with E-state index in [1.165, 1.54) is 26.4 Å². The van der Waals surface area contributed by atoms with Crippen LogP contribution in [0.25, 0.3) is 0 Å². The molecule has 0 aromatic heterocycles. The van der Waals surface area contributed by atoms with Gasteiger partial charge in [-0.15, -0.1) is 12.6 Å². The molecule has 2 rings (SSSR count). The van der Waals surface area contributed by atoms with Crippen molar-refractivity contribution in [1.29, 1.82) is 0 Å². The monoisotopic (exact) mass is 468 g/mol. The van der Waals surface area contributed by atoms with Gasteiger partial charge in [0.25, 0.3) is 17.4 Å². The molecule has 1 saturated heterocycles. The molecule has 2 amide bonds. The van der Waals surface area contributed by atoms with Crippen LogP contribution in [-0.4, -0.2) is 62.2 Å². The Bertz CT molecular complexity index is 857. The summed E-state index contributed by atoms with van der Waals surface area (Å²) < 4.78 is 19.5. The Balaban J connectivity index is 2.66. The summed E-state index contributed by atoms with van der Waals surface area (Å²) in [6.07, 6.45) is 3.93. The molecule has 1 N–H and O–H groups in total. The van der Waals surface area contributed by atoms with Crippen molar-refractivity contribution >= 4 is 54.7 Å². The normalized spacial score (nSPS) is 18.3. The zero-order chi connectivity index (χ0) is 23.0. The number of anilines is 1. The van der Waals surface area contributed by atoms with E-state index >= 15 is 0 Å². The van der Waals surface area contributed by atoms with Crippen LogP contribution >= 0.6 is 24.2 Å². The average Bonchev–Trinajstić information content (AvgIpc) is 2.75. The van der Waals surface area contributed by atoms with Crippen molar-refractivity contribution in [3.63, 3.8) is 0 Å². The third-order valence-electron chi connectivity index (χ3n) is 5.02. The Morgan fingerprint density at radius 2 is 2.00 bits per heavy atom. The minimum atomic E-state index is -2.37. The molecule has 0 saturated carbocycles. The average molecular weight is 469 g/mol. The largest absolute Gasteiger partial charge is 0.381 e. The second kappa shape index (κ2) is 11.4. The van der Waals surface area contributed by atoms with Gasteiger partial charge in [-0.25, -0.2) is 4.39 Å². The second-order valence-electron chi connectivity index (χ2n) is 7.08. The number of benzene rings is 1. The highest BCUT2D eigenvalue weighted by molar-refractivity contribution is 7.80. The molecule has 0 aliphatic carbocycles. The number of carbonyl (C=O) groups is 2. The number of hydrogen-bond donors (Lipinski definition) is 2. The first-order valence-corrected chi connectivity index (χ1v) is 10.5. The number of thiol groups is 1. The molecular weight excluding hydrogens is 443 g/mol. The first-order chi connectivity index (χ1) is 14.7. The smallest absolute Gasteiger partial charge is 0.278 e. The van der Waals surface area contributed by atoms with Gasteiger partial charge in [0.1, 0.15) is 0 Å². The van der Waals surface area contributed by atoms with Gasteiger partial charge >= 0.3 is 0 Å². The highest BCUT2D eigenvalue weighted by atomic mass is 35.5. The molecule has 1 fully saturated rings. The fourth-order valence-electron chi connectivity index (χ4n) is 3.36. The van der Waals surface area contributed by atoms with Crippen molar-refractivity contribution < 1.29 is 18.7 Å². The molecule has 2 atom stereocenters. The zero-order valence-corrected chi connectivity index (χ0v) is 19.1. The zero-order valence-electron chi connectivity index (χ0n) is 17.4. The molecule has 1 aromatic rings. The lowest BCUT2D eigenvalue weighted by atomic mass is 9.87. The van der Waals surface area contributed by atoms with Crippen LogP contribution < -0.4 is 10.2 Å². The van der Waals surface area contributed by atoms with Crippen LogP contribution in [-0.2, 0) is 14.3 Å². The van der Waals surface area contributed by atoms with Gasteiger partial charge in [0.2, 0.25) is 0 Å². The number of aliphatic imine (C=N–C) groups is 2. The van der Waals surface area contributed by atoms with E-state index in [2.05, 4.69) is 34.6 Å². The summed E-state index contributed by atoms with van der Waals surface area (Å²) in [5.41, 5.74) is -3.61. The number of ether oxygens (including phenoxy) is 1. The van der Waals surface area contributed by atoms with E-state index in [9.17, 15) is 14.0 Å².